The highest BCUT2D eigenvalue weighted by atomic mass is 79.9. The molecule has 1 atom stereocenters. The Bertz CT molecular complexity index is 535. The van der Waals surface area contributed by atoms with Gasteiger partial charge in [-0.25, -0.2) is 0 Å². The summed E-state index contributed by atoms with van der Waals surface area (Å²) in [6.07, 6.45) is -3.64. The lowest BCUT2D eigenvalue weighted by Gasteiger charge is -2.13. The summed E-state index contributed by atoms with van der Waals surface area (Å²) in [6.45, 7) is 0. The van der Waals surface area contributed by atoms with Crippen LogP contribution >= 0.6 is 15.9 Å². The second-order valence-electron chi connectivity index (χ2n) is 4.28. The molecule has 19 heavy (non-hydrogen) atoms. The van der Waals surface area contributed by atoms with Crippen molar-refractivity contribution in [1.82, 2.24) is 0 Å². The largest absolute Gasteiger partial charge is 0.416 e. The lowest BCUT2D eigenvalue weighted by Crippen LogP contribution is -2.06. The summed E-state index contributed by atoms with van der Waals surface area (Å²) in [5, 5.41) is 0. The van der Waals surface area contributed by atoms with Crippen LogP contribution < -0.4 is 0 Å². The van der Waals surface area contributed by atoms with Crippen LogP contribution in [0.1, 0.15) is 21.5 Å². The monoisotopic (exact) mass is 328 g/mol. The molecule has 0 N–H and O–H groups in total. The molecular formula is C15H12BrF3. The molecule has 1 unspecified atom stereocenters. The van der Waals surface area contributed by atoms with Crippen molar-refractivity contribution in [2.45, 2.75) is 17.4 Å². The molecule has 2 rings (SSSR count). The fourth-order valence-electron chi connectivity index (χ4n) is 1.85. The van der Waals surface area contributed by atoms with Gasteiger partial charge in [0.2, 0.25) is 0 Å². The molecule has 0 bridgehead atoms. The highest BCUT2D eigenvalue weighted by Crippen LogP contribution is 2.33. The Morgan fingerprint density at radius 1 is 0.947 bits per heavy atom. The van der Waals surface area contributed by atoms with Gasteiger partial charge in [-0.3, -0.25) is 0 Å². The maximum absolute atomic E-state index is 12.6. The van der Waals surface area contributed by atoms with Crippen LogP contribution in [0.4, 0.5) is 13.2 Å². The Balaban J connectivity index is 2.18. The number of benzene rings is 2. The zero-order valence-electron chi connectivity index (χ0n) is 9.99. The minimum absolute atomic E-state index is 0.128. The smallest absolute Gasteiger partial charge is 0.166 e. The van der Waals surface area contributed by atoms with Crippen LogP contribution in [0.2, 0.25) is 0 Å². The van der Waals surface area contributed by atoms with E-state index in [-0.39, 0.29) is 4.83 Å². The van der Waals surface area contributed by atoms with Crippen LogP contribution in [0.3, 0.4) is 0 Å². The van der Waals surface area contributed by atoms with E-state index in [2.05, 4.69) is 15.9 Å². The summed E-state index contributed by atoms with van der Waals surface area (Å²) in [6, 6.07) is 15.1. The highest BCUT2D eigenvalue weighted by Gasteiger charge is 2.30. The van der Waals surface area contributed by atoms with Crippen molar-refractivity contribution in [3.63, 3.8) is 0 Å². The molecule has 0 amide bonds. The van der Waals surface area contributed by atoms with Crippen molar-refractivity contribution >= 4 is 15.9 Å². The first-order valence-corrected chi connectivity index (χ1v) is 6.73. The van der Waals surface area contributed by atoms with Gasteiger partial charge in [0.25, 0.3) is 0 Å². The molecule has 100 valence electrons. The molecule has 0 heterocycles. The number of hydrogen-bond acceptors (Lipinski definition) is 0. The molecule has 0 aliphatic carbocycles. The zero-order chi connectivity index (χ0) is 13.9. The SMILES string of the molecule is FC(F)(F)c1cccc(C(Br)Cc2ccccc2)c1. The molecular weight excluding hydrogens is 317 g/mol. The molecule has 0 radical (unpaired) electrons. The number of hydrogen-bond donors (Lipinski definition) is 0. The van der Waals surface area contributed by atoms with Gasteiger partial charge in [-0.1, -0.05) is 64.5 Å². The third-order valence-electron chi connectivity index (χ3n) is 2.83. The summed E-state index contributed by atoms with van der Waals surface area (Å²) >= 11 is 3.46. The summed E-state index contributed by atoms with van der Waals surface area (Å²) in [5.74, 6) is 0. The van der Waals surface area contributed by atoms with E-state index in [0.29, 0.717) is 12.0 Å². The lowest BCUT2D eigenvalue weighted by molar-refractivity contribution is -0.137. The molecule has 2 aromatic carbocycles. The van der Waals surface area contributed by atoms with Gasteiger partial charge in [0.1, 0.15) is 0 Å². The van der Waals surface area contributed by atoms with Crippen LogP contribution in [0, 0.1) is 0 Å². The van der Waals surface area contributed by atoms with Crippen molar-refractivity contribution in [2.75, 3.05) is 0 Å². The molecule has 0 aromatic heterocycles. The van der Waals surface area contributed by atoms with E-state index in [1.165, 1.54) is 12.1 Å². The number of alkyl halides is 4. The van der Waals surface area contributed by atoms with Gasteiger partial charge in [-0.2, -0.15) is 13.2 Å². The molecule has 0 aliphatic rings. The average molecular weight is 329 g/mol. The average Bonchev–Trinajstić information content (AvgIpc) is 2.39. The molecule has 0 nitrogen and oxygen atoms in total. The van der Waals surface area contributed by atoms with Crippen LogP contribution in [-0.2, 0) is 12.6 Å². The first kappa shape index (κ1) is 14.1. The summed E-state index contributed by atoms with van der Waals surface area (Å²) in [7, 11) is 0. The Kier molecular flexibility index (Phi) is 4.30. The standard InChI is InChI=1S/C15H12BrF3/c16-14(9-11-5-2-1-3-6-11)12-7-4-8-13(10-12)15(17,18)19/h1-8,10,14H,9H2. The van der Waals surface area contributed by atoms with E-state index in [1.807, 2.05) is 30.3 Å². The predicted molar refractivity (Wildman–Crippen MR) is 73.3 cm³/mol. The Labute approximate surface area is 118 Å². The van der Waals surface area contributed by atoms with Gasteiger partial charge in [0, 0.05) is 4.83 Å². The van der Waals surface area contributed by atoms with Crippen molar-refractivity contribution in [2.24, 2.45) is 0 Å². The van der Waals surface area contributed by atoms with E-state index >= 15 is 0 Å². The Morgan fingerprint density at radius 2 is 1.63 bits per heavy atom. The molecule has 0 saturated carbocycles. The van der Waals surface area contributed by atoms with Crippen molar-refractivity contribution in [3.05, 3.63) is 71.3 Å². The quantitative estimate of drug-likeness (QED) is 0.663. The molecule has 0 saturated heterocycles. The zero-order valence-corrected chi connectivity index (χ0v) is 11.6. The summed E-state index contributed by atoms with van der Waals surface area (Å²) in [5.41, 5.74) is 1.11. The maximum Gasteiger partial charge on any atom is 0.416 e. The molecule has 2 aromatic rings. The second-order valence-corrected chi connectivity index (χ2v) is 5.39. The molecule has 0 fully saturated rings. The van der Waals surface area contributed by atoms with Crippen LogP contribution in [-0.4, -0.2) is 0 Å². The Hall–Kier alpha value is -1.29. The van der Waals surface area contributed by atoms with Crippen molar-refractivity contribution < 1.29 is 13.2 Å². The minimum atomic E-state index is -4.30. The van der Waals surface area contributed by atoms with E-state index < -0.39 is 11.7 Å². The predicted octanol–water partition coefficient (Wildman–Crippen LogP) is 5.38. The van der Waals surface area contributed by atoms with Crippen LogP contribution in [0.5, 0.6) is 0 Å². The van der Waals surface area contributed by atoms with E-state index in [0.717, 1.165) is 11.6 Å². The second kappa shape index (κ2) is 5.78. The van der Waals surface area contributed by atoms with Crippen LogP contribution in [0.15, 0.2) is 54.6 Å². The maximum atomic E-state index is 12.6. The highest BCUT2D eigenvalue weighted by molar-refractivity contribution is 9.09. The van der Waals surface area contributed by atoms with E-state index in [4.69, 9.17) is 0 Å². The molecule has 4 heteroatoms. The van der Waals surface area contributed by atoms with Crippen LogP contribution in [0.25, 0.3) is 0 Å². The lowest BCUT2D eigenvalue weighted by atomic mass is 10.0. The van der Waals surface area contributed by atoms with E-state index in [9.17, 15) is 13.2 Å². The third kappa shape index (κ3) is 3.83. The van der Waals surface area contributed by atoms with Gasteiger partial charge >= 0.3 is 6.18 Å². The first-order chi connectivity index (χ1) is 8.97. The van der Waals surface area contributed by atoms with Crippen molar-refractivity contribution in [1.29, 1.82) is 0 Å². The molecule has 0 spiro atoms. The van der Waals surface area contributed by atoms with Gasteiger partial charge in [0.15, 0.2) is 0 Å². The minimum Gasteiger partial charge on any atom is -0.166 e. The van der Waals surface area contributed by atoms with Gasteiger partial charge in [-0.15, -0.1) is 0 Å². The van der Waals surface area contributed by atoms with Gasteiger partial charge in [-0.05, 0) is 23.6 Å². The normalized spacial score (nSPS) is 13.3. The Morgan fingerprint density at radius 3 is 2.26 bits per heavy atom. The number of halogens is 4. The van der Waals surface area contributed by atoms with Gasteiger partial charge in [0.05, 0.1) is 5.56 Å². The van der Waals surface area contributed by atoms with E-state index in [1.54, 1.807) is 6.07 Å². The number of rotatable bonds is 3. The third-order valence-corrected chi connectivity index (χ3v) is 3.69. The van der Waals surface area contributed by atoms with Crippen molar-refractivity contribution in [3.8, 4) is 0 Å². The molecule has 0 aliphatic heterocycles. The topological polar surface area (TPSA) is 0 Å². The van der Waals surface area contributed by atoms with Gasteiger partial charge < -0.3 is 0 Å². The summed E-state index contributed by atoms with van der Waals surface area (Å²) in [4.78, 5) is -0.128. The first-order valence-electron chi connectivity index (χ1n) is 5.82. The fourth-order valence-corrected chi connectivity index (χ4v) is 2.51. The fraction of sp³-hybridized carbons (Fsp3) is 0.200. The summed E-state index contributed by atoms with van der Waals surface area (Å²) < 4.78 is 37.9.